The van der Waals surface area contributed by atoms with Crippen LogP contribution in [0.5, 0.6) is 17.2 Å². The first-order chi connectivity index (χ1) is 17.7. The Bertz CT molecular complexity index is 1360. The number of piperidine rings is 1. The van der Waals surface area contributed by atoms with E-state index in [0.29, 0.717) is 19.2 Å². The molecule has 1 saturated heterocycles. The molecule has 0 amide bonds. The molecular formula is C29H29N3O4. The molecule has 3 heterocycles. The van der Waals surface area contributed by atoms with E-state index in [1.807, 2.05) is 30.3 Å². The van der Waals surface area contributed by atoms with Gasteiger partial charge in [-0.3, -0.25) is 0 Å². The Kier molecular flexibility index (Phi) is 5.99. The Labute approximate surface area is 209 Å². The maximum atomic E-state index is 10.3. The smallest absolute Gasteiger partial charge is 0.129 e. The molecule has 1 aromatic heterocycles. The van der Waals surface area contributed by atoms with Crippen LogP contribution in [0.1, 0.15) is 31.2 Å². The van der Waals surface area contributed by atoms with Crippen molar-refractivity contribution in [2.75, 3.05) is 18.1 Å². The maximum absolute atomic E-state index is 10.3. The molecule has 6 rings (SSSR count). The van der Waals surface area contributed by atoms with Crippen molar-refractivity contribution < 1.29 is 19.5 Å². The van der Waals surface area contributed by atoms with E-state index in [4.69, 9.17) is 9.26 Å². The van der Waals surface area contributed by atoms with Gasteiger partial charge in [-0.25, -0.2) is 0 Å². The number of nitrogens with one attached hydrogen (secondary N) is 1. The molecule has 36 heavy (non-hydrogen) atoms. The van der Waals surface area contributed by atoms with Gasteiger partial charge in [0, 0.05) is 28.8 Å². The fourth-order valence-electron chi connectivity index (χ4n) is 5.27. The molecule has 1 unspecified atom stereocenters. The summed E-state index contributed by atoms with van der Waals surface area (Å²) in [6.07, 6.45) is 6.31. The minimum absolute atomic E-state index is 0.185. The number of aromatic nitrogens is 1. The van der Waals surface area contributed by atoms with Gasteiger partial charge in [0.05, 0.1) is 24.5 Å². The molecule has 2 aliphatic heterocycles. The van der Waals surface area contributed by atoms with Gasteiger partial charge in [-0.1, -0.05) is 29.8 Å². The van der Waals surface area contributed by atoms with Crippen molar-refractivity contribution in [3.05, 3.63) is 72.5 Å². The van der Waals surface area contributed by atoms with Crippen LogP contribution in [0.2, 0.25) is 0 Å². The molecule has 0 bridgehead atoms. The van der Waals surface area contributed by atoms with Gasteiger partial charge < -0.3 is 29.7 Å². The molecule has 3 N–H and O–H groups in total. The average molecular weight is 484 g/mol. The molecule has 2 aliphatic rings. The lowest BCUT2D eigenvalue weighted by atomic mass is 9.96. The first-order valence-corrected chi connectivity index (χ1v) is 12.5. The highest BCUT2D eigenvalue weighted by molar-refractivity contribution is 5.92. The number of phenols is 2. The Morgan fingerprint density at radius 3 is 2.69 bits per heavy atom. The molecule has 0 aliphatic carbocycles. The van der Waals surface area contributed by atoms with Crippen molar-refractivity contribution in [2.45, 2.75) is 38.3 Å². The van der Waals surface area contributed by atoms with E-state index in [-0.39, 0.29) is 11.5 Å². The second kappa shape index (κ2) is 9.59. The number of phenolic OH excluding ortho intramolecular Hbond substituents is 2. The first-order valence-electron chi connectivity index (χ1n) is 12.5. The van der Waals surface area contributed by atoms with Crippen LogP contribution in [0.4, 0.5) is 11.4 Å². The molecule has 1 fully saturated rings. The fourth-order valence-corrected chi connectivity index (χ4v) is 5.27. The fraction of sp³-hybridized carbons (Fsp3) is 0.276. The second-order valence-corrected chi connectivity index (χ2v) is 9.46. The van der Waals surface area contributed by atoms with Crippen LogP contribution in [0.25, 0.3) is 22.4 Å². The molecule has 4 aromatic rings. The lowest BCUT2D eigenvalue weighted by molar-refractivity contribution is 0.269. The Morgan fingerprint density at radius 1 is 1.00 bits per heavy atom. The van der Waals surface area contributed by atoms with Gasteiger partial charge in [-0.2, -0.15) is 0 Å². The van der Waals surface area contributed by atoms with E-state index in [1.54, 1.807) is 30.5 Å². The number of benzene rings is 3. The van der Waals surface area contributed by atoms with E-state index in [0.717, 1.165) is 58.0 Å². The van der Waals surface area contributed by atoms with Crippen LogP contribution in [-0.4, -0.2) is 34.6 Å². The molecule has 1 atom stereocenters. The number of fused-ring (bicyclic) bond motifs is 3. The Morgan fingerprint density at radius 2 is 1.86 bits per heavy atom. The number of nitrogens with zero attached hydrogens (tertiary/aromatic N) is 2. The minimum atomic E-state index is 0.185. The topological polar surface area (TPSA) is 91.0 Å². The quantitative estimate of drug-likeness (QED) is 0.311. The van der Waals surface area contributed by atoms with Gasteiger partial charge in [-0.05, 0) is 67.8 Å². The lowest BCUT2D eigenvalue weighted by Crippen LogP contribution is -2.35. The molecule has 7 heteroatoms. The highest BCUT2D eigenvalue weighted by Crippen LogP contribution is 2.48. The van der Waals surface area contributed by atoms with Crippen LogP contribution >= 0.6 is 0 Å². The Hall–Kier alpha value is -3.97. The van der Waals surface area contributed by atoms with Crippen molar-refractivity contribution in [3.8, 4) is 39.6 Å². The lowest BCUT2D eigenvalue weighted by Gasteiger charge is -2.32. The first kappa shape index (κ1) is 22.5. The third kappa shape index (κ3) is 4.27. The van der Waals surface area contributed by atoms with Gasteiger partial charge in [0.25, 0.3) is 0 Å². The molecule has 0 radical (unpaired) electrons. The molecule has 0 saturated carbocycles. The van der Waals surface area contributed by atoms with Crippen molar-refractivity contribution in [1.29, 1.82) is 0 Å². The maximum Gasteiger partial charge on any atom is 0.129 e. The summed E-state index contributed by atoms with van der Waals surface area (Å²) in [4.78, 5) is 2.16. The summed E-state index contributed by atoms with van der Waals surface area (Å²) in [5.41, 5.74) is 6.32. The van der Waals surface area contributed by atoms with Crippen LogP contribution in [0.3, 0.4) is 0 Å². The largest absolute Gasteiger partial charge is 0.508 e. The van der Waals surface area contributed by atoms with Crippen molar-refractivity contribution in [2.24, 2.45) is 0 Å². The van der Waals surface area contributed by atoms with Crippen LogP contribution in [0, 0.1) is 0 Å². The van der Waals surface area contributed by atoms with Crippen molar-refractivity contribution in [1.82, 2.24) is 10.5 Å². The summed E-state index contributed by atoms with van der Waals surface area (Å²) < 4.78 is 11.7. The van der Waals surface area contributed by atoms with Gasteiger partial charge in [0.2, 0.25) is 0 Å². The summed E-state index contributed by atoms with van der Waals surface area (Å²) in [5, 5.41) is 28.1. The third-order valence-corrected chi connectivity index (χ3v) is 7.09. The number of hydrogen-bond acceptors (Lipinski definition) is 7. The highest BCUT2D eigenvalue weighted by Gasteiger charge is 2.29. The number of hydrogen-bond donors (Lipinski definition) is 3. The normalized spacial score (nSPS) is 16.9. The van der Waals surface area contributed by atoms with Crippen LogP contribution in [-0.2, 0) is 6.54 Å². The Balaban J connectivity index is 1.41. The summed E-state index contributed by atoms with van der Waals surface area (Å²) in [7, 11) is 0. The van der Waals surface area contributed by atoms with Crippen LogP contribution in [0.15, 0.2) is 71.4 Å². The van der Waals surface area contributed by atoms with E-state index >= 15 is 0 Å². The summed E-state index contributed by atoms with van der Waals surface area (Å²) in [6.45, 7) is 2.22. The second-order valence-electron chi connectivity index (χ2n) is 9.46. The monoisotopic (exact) mass is 483 g/mol. The van der Waals surface area contributed by atoms with Crippen molar-refractivity contribution in [3.63, 3.8) is 0 Å². The predicted molar refractivity (Wildman–Crippen MR) is 139 cm³/mol. The van der Waals surface area contributed by atoms with E-state index < -0.39 is 0 Å². The number of aromatic hydroxyl groups is 2. The van der Waals surface area contributed by atoms with E-state index in [1.165, 1.54) is 19.3 Å². The van der Waals surface area contributed by atoms with Gasteiger partial charge in [0.15, 0.2) is 0 Å². The number of anilines is 2. The van der Waals surface area contributed by atoms with E-state index in [2.05, 4.69) is 21.4 Å². The molecular weight excluding hydrogens is 454 g/mol. The SMILES string of the molecule is Oc1ccc(-c2c(OCCC3CCCCN3)cccc2N2Cc3conc3-c3ccc(O)cc32)cc1. The summed E-state index contributed by atoms with van der Waals surface area (Å²) in [5.74, 6) is 1.18. The average Bonchev–Trinajstić information content (AvgIpc) is 3.38. The van der Waals surface area contributed by atoms with Crippen molar-refractivity contribution >= 4 is 11.4 Å². The predicted octanol–water partition coefficient (Wildman–Crippen LogP) is 5.98. The molecule has 7 nitrogen and oxygen atoms in total. The highest BCUT2D eigenvalue weighted by atomic mass is 16.5. The zero-order chi connectivity index (χ0) is 24.5. The zero-order valence-electron chi connectivity index (χ0n) is 20.0. The zero-order valence-corrected chi connectivity index (χ0v) is 20.0. The molecule has 184 valence electrons. The van der Waals surface area contributed by atoms with Crippen LogP contribution < -0.4 is 15.0 Å². The summed E-state index contributed by atoms with van der Waals surface area (Å²) in [6, 6.07) is 19.0. The van der Waals surface area contributed by atoms with E-state index in [9.17, 15) is 10.2 Å². The minimum Gasteiger partial charge on any atom is -0.508 e. The number of ether oxygens (including phenoxy) is 1. The third-order valence-electron chi connectivity index (χ3n) is 7.09. The molecule has 0 spiro atoms. The summed E-state index contributed by atoms with van der Waals surface area (Å²) >= 11 is 0. The molecule has 3 aromatic carbocycles. The van der Waals surface area contributed by atoms with Gasteiger partial charge in [0.1, 0.15) is 29.2 Å². The van der Waals surface area contributed by atoms with Gasteiger partial charge in [-0.15, -0.1) is 0 Å². The standard InChI is InChI=1S/C29H29N3O4/c33-22-9-7-19(8-10-22)28-25(5-3-6-27(28)35-15-13-21-4-1-2-14-30-21)32-17-20-18-36-31-29(20)24-12-11-23(34)16-26(24)32/h3,5-12,16,18,21,30,33-34H,1-2,4,13-15,17H2. The van der Waals surface area contributed by atoms with Gasteiger partial charge >= 0.3 is 0 Å². The number of rotatable bonds is 6.